The van der Waals surface area contributed by atoms with Gasteiger partial charge in [0.2, 0.25) is 0 Å². The second kappa shape index (κ2) is 34.2. The first-order chi connectivity index (χ1) is 62.3. The van der Waals surface area contributed by atoms with Crippen LogP contribution in [0, 0.1) is 0 Å². The molecule has 0 aliphatic carbocycles. The van der Waals surface area contributed by atoms with Crippen molar-refractivity contribution in [2.45, 2.75) is 65.4 Å². The van der Waals surface area contributed by atoms with E-state index in [0.29, 0.717) is 6.17 Å². The van der Waals surface area contributed by atoms with E-state index in [1.807, 2.05) is 74.9 Å². The Bertz CT molecular complexity index is 5960. The van der Waals surface area contributed by atoms with Gasteiger partial charge >= 0.3 is 34.9 Å². The van der Waals surface area contributed by atoms with E-state index in [0.717, 1.165) is 40.1 Å². The average Bonchev–Trinajstić information content (AvgIpc) is 1.60. The predicted octanol–water partition coefficient (Wildman–Crippen LogP) is 16.9. The fraction of sp³-hybridized carbons (Fsp3) is 0.165. The third kappa shape index (κ3) is 14.5. The number of nitrogens with zero attached hydrogens (tertiary/aromatic N) is 17. The van der Waals surface area contributed by atoms with Gasteiger partial charge < -0.3 is 72.6 Å². The molecule has 0 unspecified atom stereocenters. The van der Waals surface area contributed by atoms with Gasteiger partial charge in [-0.25, -0.2) is 9.97 Å². The van der Waals surface area contributed by atoms with Crippen molar-refractivity contribution in [1.29, 1.82) is 0 Å². The zero-order valence-electron chi connectivity index (χ0n) is 75.7. The minimum Gasteiger partial charge on any atom is -0.401 e. The Morgan fingerprint density at radius 2 is 0.488 bits per heavy atom. The fourth-order valence-electron chi connectivity index (χ4n) is 20.1. The van der Waals surface area contributed by atoms with Gasteiger partial charge in [-0.1, -0.05) is 212 Å². The molecule has 0 saturated heterocycles. The largest absolute Gasteiger partial charge is 0.414 e. The molecule has 12 heterocycles. The van der Waals surface area contributed by atoms with Gasteiger partial charge in [-0.3, -0.25) is 0 Å². The minimum atomic E-state index is -2.19. The van der Waals surface area contributed by atoms with Crippen molar-refractivity contribution in [2.75, 3.05) is 97.8 Å². The molecule has 0 bridgehead atoms. The number of para-hydroxylation sites is 9. The highest BCUT2D eigenvalue weighted by atomic mass is 15.5. The molecule has 0 N–H and O–H groups in total. The highest BCUT2D eigenvalue weighted by Gasteiger charge is 2.50. The van der Waals surface area contributed by atoms with Gasteiger partial charge in [0.15, 0.2) is 5.82 Å². The van der Waals surface area contributed by atoms with Crippen LogP contribution in [0.4, 0.5) is 74.2 Å². The van der Waals surface area contributed by atoms with Crippen LogP contribution in [0.25, 0.3) is 30.4 Å². The summed E-state index contributed by atoms with van der Waals surface area (Å²) >= 11 is 0. The van der Waals surface area contributed by atoms with Crippen LogP contribution in [0.15, 0.2) is 353 Å². The Kier molecular flexibility index (Phi) is 21.0. The summed E-state index contributed by atoms with van der Waals surface area (Å²) in [6.45, 7) is 9.40. The maximum atomic E-state index is 7.99. The number of hydrogen-bond acceptors (Lipinski definition) is 17. The summed E-state index contributed by atoms with van der Waals surface area (Å²) in [6.07, 6.45) is 25.9. The smallest absolute Gasteiger partial charge is 0.401 e. The maximum Gasteiger partial charge on any atom is 0.414 e. The van der Waals surface area contributed by atoms with Crippen molar-refractivity contribution < 1.29 is 4.11 Å². The lowest BCUT2D eigenvalue weighted by Crippen LogP contribution is -2.62. The zero-order valence-corrected chi connectivity index (χ0v) is 72.7. The van der Waals surface area contributed by atoms with Gasteiger partial charge in [0, 0.05) is 47.6 Å². The van der Waals surface area contributed by atoms with E-state index < -0.39 is 6.98 Å². The van der Waals surface area contributed by atoms with Gasteiger partial charge in [-0.2, -0.15) is 0 Å². The molecule has 13 aromatic rings. The molecule has 2 aromatic heterocycles. The van der Waals surface area contributed by atoms with E-state index in [1.54, 1.807) is 0 Å². The van der Waals surface area contributed by atoms with Gasteiger partial charge in [-0.05, 0) is 283 Å². The summed E-state index contributed by atoms with van der Waals surface area (Å²) in [6, 6.07) is 108. The third-order valence-electron chi connectivity index (χ3n) is 26.2. The molecule has 616 valence electrons. The first-order valence-electron chi connectivity index (χ1n) is 44.9. The highest BCUT2D eigenvalue weighted by Crippen LogP contribution is 2.49. The number of aromatic nitrogens is 2. The van der Waals surface area contributed by atoms with Gasteiger partial charge in [0.25, 0.3) is 0 Å². The first kappa shape index (κ1) is 76.8. The molecule has 0 amide bonds. The molecule has 0 radical (unpaired) electrons. The SMILES string of the molecule is C[C@@H]1N(B2c3ccccc3C=CN2C)c2ccccc2N1c1ccccc1.C[C@@H]1N(B2c3ccccc3C=CN2C)c2cccnc2N1c1ccccc1.C[C@@H]1N(B2c3ccccc3C=CN2C)c2ncccc2N1c1ccccc1.C[C@H]1N(C)c2ccccc2N1B1c2ccccc2C=CN1C.[2H]C([2H])([2H])N1c2ccccc2N(B2c3ccccc3C=CN2C)[C@H]1C. The molecule has 10 aliphatic rings. The molecular formula is C103H104B5N17. The Morgan fingerprint density at radius 3 is 0.880 bits per heavy atom. The van der Waals surface area contributed by atoms with Crippen LogP contribution in [-0.4, -0.2) is 149 Å². The lowest BCUT2D eigenvalue weighted by Gasteiger charge is -2.40. The lowest BCUT2D eigenvalue weighted by atomic mass is 9.60. The molecule has 22 heteroatoms. The standard InChI is InChI=1S/C23H22BN3.2C22H21BN4.2C18H20BN3/c1-18-26(20-11-4-3-5-12-20)22-14-8-9-15-23(22)27(18)24-21-13-7-6-10-19(21)16-17-25(24)2;1-17-26(19-10-4-3-5-11-19)22-21(13-8-15-24-22)27(17)23-20-12-7-6-9-18(20)14-16-25(23)2;1-17-26(19-10-4-3-5-11-19)21-13-8-15-24-22(21)27(17)23-20-12-7-6-9-18(20)14-16-25(23)2;2*1-14-21(3)17-10-6-7-11-18(17)22(14)19-16-9-5-4-8-15(16)12-13-20(19)2/h3-18H,1-2H3;2*3-17H,1-2H3;2*4-14H,1-3H3/t18-;2*17-;2*14-/m00000/s1/i;;;3D3;. The van der Waals surface area contributed by atoms with Gasteiger partial charge in [0.1, 0.15) is 5.82 Å². The van der Waals surface area contributed by atoms with Gasteiger partial charge in [-0.15, -0.1) is 0 Å². The number of rotatable bonds is 8. The summed E-state index contributed by atoms with van der Waals surface area (Å²) in [5, 5.41) is 0. The Morgan fingerprint density at radius 1 is 0.232 bits per heavy atom. The Labute approximate surface area is 744 Å². The van der Waals surface area contributed by atoms with Crippen LogP contribution in [0.1, 0.15) is 66.5 Å². The number of fused-ring (bicyclic) bond motifs is 10. The van der Waals surface area contributed by atoms with E-state index in [2.05, 4.69) is 453 Å². The summed E-state index contributed by atoms with van der Waals surface area (Å²) in [5.74, 6) is 2.03. The molecule has 17 nitrogen and oxygen atoms in total. The molecule has 0 fully saturated rings. The number of pyridine rings is 2. The van der Waals surface area contributed by atoms with E-state index in [4.69, 9.17) is 14.1 Å². The monoisotopic (exact) mass is 1640 g/mol. The van der Waals surface area contributed by atoms with Crippen LogP contribution in [0.2, 0.25) is 0 Å². The topological polar surface area (TPSA) is 74.4 Å². The van der Waals surface area contributed by atoms with Crippen LogP contribution >= 0.6 is 0 Å². The molecule has 11 aromatic carbocycles. The quantitative estimate of drug-likeness (QED) is 0.135. The fourth-order valence-corrected chi connectivity index (χ4v) is 20.1. The summed E-state index contributed by atoms with van der Waals surface area (Å²) in [4.78, 5) is 44.0. The van der Waals surface area contributed by atoms with Gasteiger partial charge in [0.05, 0.1) is 76.3 Å². The van der Waals surface area contributed by atoms with Crippen molar-refractivity contribution >= 4 is 167 Å². The summed E-state index contributed by atoms with van der Waals surface area (Å²) in [5.41, 5.74) is 25.6. The van der Waals surface area contributed by atoms with E-state index >= 15 is 0 Å². The third-order valence-corrected chi connectivity index (χ3v) is 26.2. The van der Waals surface area contributed by atoms with Crippen molar-refractivity contribution in [1.82, 2.24) is 34.0 Å². The van der Waals surface area contributed by atoms with Crippen molar-refractivity contribution in [3.63, 3.8) is 0 Å². The average molecular weight is 1640 g/mol. The summed E-state index contributed by atoms with van der Waals surface area (Å²) < 4.78 is 24.0. The van der Waals surface area contributed by atoms with Crippen LogP contribution < -0.4 is 75.9 Å². The normalized spacial score (nSPS) is 18.9. The number of benzene rings is 11. The molecule has 125 heavy (non-hydrogen) atoms. The highest BCUT2D eigenvalue weighted by molar-refractivity contribution is 6.78. The molecular weight excluding hydrogens is 1530 g/mol. The van der Waals surface area contributed by atoms with Crippen molar-refractivity contribution in [3.8, 4) is 0 Å². The zero-order chi connectivity index (χ0) is 88.2. The molecule has 0 spiro atoms. The first-order valence-corrected chi connectivity index (χ1v) is 43.4. The molecule has 23 rings (SSSR count). The minimum absolute atomic E-state index is 0.0512. The Balaban J connectivity index is 0.000000104. The van der Waals surface area contributed by atoms with Crippen molar-refractivity contribution in [2.24, 2.45) is 0 Å². The molecule has 0 saturated carbocycles. The van der Waals surface area contributed by atoms with Crippen LogP contribution in [0.3, 0.4) is 0 Å². The lowest BCUT2D eigenvalue weighted by molar-refractivity contribution is 0.670. The predicted molar refractivity (Wildman–Crippen MR) is 533 cm³/mol. The second-order valence-corrected chi connectivity index (χ2v) is 33.4. The number of hydrogen-bond donors (Lipinski definition) is 0. The van der Waals surface area contributed by atoms with Crippen LogP contribution in [-0.2, 0) is 0 Å². The van der Waals surface area contributed by atoms with E-state index in [1.165, 1.54) is 94.2 Å². The van der Waals surface area contributed by atoms with Crippen molar-refractivity contribution in [3.05, 3.63) is 381 Å². The Hall–Kier alpha value is -14.3. The molecule has 10 aliphatic heterocycles. The second-order valence-electron chi connectivity index (χ2n) is 33.4. The van der Waals surface area contributed by atoms with E-state index in [9.17, 15) is 0 Å². The summed E-state index contributed by atoms with van der Waals surface area (Å²) in [7, 11) is 12.8. The van der Waals surface area contributed by atoms with E-state index in [-0.39, 0.29) is 59.6 Å². The van der Waals surface area contributed by atoms with Crippen LogP contribution in [0.5, 0.6) is 0 Å². The number of anilines is 13. The molecule has 5 atom stereocenters. The maximum absolute atomic E-state index is 7.99.